The van der Waals surface area contributed by atoms with Crippen molar-refractivity contribution in [2.45, 2.75) is 76.7 Å². The summed E-state index contributed by atoms with van der Waals surface area (Å²) in [5, 5.41) is 13.3. The van der Waals surface area contributed by atoms with E-state index in [4.69, 9.17) is 0 Å². The molecule has 0 saturated heterocycles. The first-order valence-electron chi connectivity index (χ1n) is 8.52. The van der Waals surface area contributed by atoms with Gasteiger partial charge in [0.25, 0.3) is 0 Å². The quantitative estimate of drug-likeness (QED) is 0.304. The van der Waals surface area contributed by atoms with Gasteiger partial charge in [0.15, 0.2) is 0 Å². The van der Waals surface area contributed by atoms with Crippen LogP contribution in [0, 0.1) is 0 Å². The molecule has 0 heterocycles. The molecule has 1 amide bonds. The summed E-state index contributed by atoms with van der Waals surface area (Å²) in [6.07, 6.45) is 11.2. The van der Waals surface area contributed by atoms with Gasteiger partial charge in [-0.3, -0.25) is 4.79 Å². The van der Waals surface area contributed by atoms with Crippen molar-refractivity contribution in [3.8, 4) is 0 Å². The lowest BCUT2D eigenvalue weighted by atomic mass is 10.1. The highest BCUT2D eigenvalue weighted by molar-refractivity contribution is 7.80. The smallest absolute Gasteiger partial charge is 0.220 e. The fourth-order valence-corrected chi connectivity index (χ4v) is 2.60. The van der Waals surface area contributed by atoms with Crippen LogP contribution in [0.2, 0.25) is 0 Å². The van der Waals surface area contributed by atoms with Crippen LogP contribution in [0.1, 0.15) is 70.6 Å². The van der Waals surface area contributed by atoms with Gasteiger partial charge in [-0.15, -0.1) is 0 Å². The largest absolute Gasteiger partial charge is 0.548 e. The van der Waals surface area contributed by atoms with Gasteiger partial charge in [0.1, 0.15) is 0 Å². The molecule has 0 spiro atoms. The van der Waals surface area contributed by atoms with Crippen molar-refractivity contribution in [2.75, 3.05) is 12.3 Å². The van der Waals surface area contributed by atoms with E-state index in [0.29, 0.717) is 18.6 Å². The highest BCUT2D eigenvalue weighted by Gasteiger charge is 2.12. The van der Waals surface area contributed by atoms with Gasteiger partial charge in [-0.05, 0) is 31.4 Å². The van der Waals surface area contributed by atoms with Gasteiger partial charge in [-0.1, -0.05) is 38.5 Å². The van der Waals surface area contributed by atoms with Gasteiger partial charge in [-0.25, -0.2) is 0 Å². The molecule has 0 radical (unpaired) electrons. The first-order chi connectivity index (χ1) is 10.6. The maximum absolute atomic E-state index is 11.6. The van der Waals surface area contributed by atoms with E-state index in [9.17, 15) is 14.7 Å². The molecule has 0 saturated carbocycles. The monoisotopic (exact) mass is 332 g/mol. The Kier molecular flexibility index (Phi) is 14.6. The summed E-state index contributed by atoms with van der Waals surface area (Å²) in [4.78, 5) is 22.4. The van der Waals surface area contributed by atoms with E-state index in [0.717, 1.165) is 25.8 Å². The van der Waals surface area contributed by atoms with Crippen LogP contribution in [0.15, 0.2) is 0 Å². The van der Waals surface area contributed by atoms with Gasteiger partial charge >= 0.3 is 0 Å². The third-order valence-corrected chi connectivity index (χ3v) is 3.95. The standard InChI is InChI=1S/C16H32N2O3S/c17-12-9-7-5-3-1-2-4-6-8-10-15(19)18-14(11-13-22)16(20)21/h14,22H,1-13,17H2,(H,18,19)(H,20,21). The average Bonchev–Trinajstić information content (AvgIpc) is 2.48. The Bertz CT molecular complexity index is 301. The second-order valence-electron chi connectivity index (χ2n) is 5.74. The van der Waals surface area contributed by atoms with Crippen LogP contribution in [-0.2, 0) is 9.59 Å². The molecule has 0 fully saturated rings. The number of carbonyl (C=O) groups is 2. The number of aliphatic carboxylic acids is 1. The summed E-state index contributed by atoms with van der Waals surface area (Å²) >= 11 is 3.98. The van der Waals surface area contributed by atoms with Crippen LogP contribution in [0.5, 0.6) is 0 Å². The Balaban J connectivity index is 3.46. The second kappa shape index (κ2) is 15.2. The number of thiol groups is 1. The predicted octanol–water partition coefficient (Wildman–Crippen LogP) is 0.684. The average molecular weight is 333 g/mol. The number of rotatable bonds is 15. The van der Waals surface area contributed by atoms with Crippen molar-refractivity contribution in [1.29, 1.82) is 0 Å². The molecule has 0 aliphatic carbocycles. The van der Waals surface area contributed by atoms with E-state index in [1.165, 1.54) is 38.5 Å². The lowest BCUT2D eigenvalue weighted by molar-refractivity contribution is -0.368. The maximum Gasteiger partial charge on any atom is 0.220 e. The summed E-state index contributed by atoms with van der Waals surface area (Å²) in [5.74, 6) is -1.03. The molecule has 130 valence electrons. The highest BCUT2D eigenvalue weighted by atomic mass is 32.1. The van der Waals surface area contributed by atoms with E-state index in [-0.39, 0.29) is 5.91 Å². The van der Waals surface area contributed by atoms with Crippen LogP contribution in [0.4, 0.5) is 0 Å². The van der Waals surface area contributed by atoms with E-state index >= 15 is 0 Å². The summed E-state index contributed by atoms with van der Waals surface area (Å²) in [5.41, 5.74) is 3.83. The Labute approximate surface area is 139 Å². The molecule has 0 bridgehead atoms. The third-order valence-electron chi connectivity index (χ3n) is 3.69. The number of carboxylic acids is 1. The number of unbranched alkanes of at least 4 members (excludes halogenated alkanes) is 8. The Hall–Kier alpha value is -0.750. The fraction of sp³-hybridized carbons (Fsp3) is 0.875. The molecule has 0 aliphatic heterocycles. The molecular formula is C16H32N2O3S. The molecule has 1 unspecified atom stereocenters. The Morgan fingerprint density at radius 3 is 1.91 bits per heavy atom. The number of amides is 1. The molecule has 22 heavy (non-hydrogen) atoms. The van der Waals surface area contributed by atoms with Crippen LogP contribution in [-0.4, -0.2) is 30.2 Å². The molecule has 0 aromatic rings. The first kappa shape index (κ1) is 21.2. The molecule has 5 nitrogen and oxygen atoms in total. The van der Waals surface area contributed by atoms with Crippen LogP contribution >= 0.6 is 12.6 Å². The number of quaternary nitrogens is 1. The highest BCUT2D eigenvalue weighted by Crippen LogP contribution is 2.10. The Morgan fingerprint density at radius 2 is 1.45 bits per heavy atom. The normalized spacial score (nSPS) is 12.1. The molecule has 0 aromatic heterocycles. The minimum absolute atomic E-state index is 0.204. The summed E-state index contributed by atoms with van der Waals surface area (Å²) in [6, 6.07) is -0.914. The van der Waals surface area contributed by atoms with Crippen molar-refractivity contribution in [2.24, 2.45) is 0 Å². The van der Waals surface area contributed by atoms with Gasteiger partial charge in [0.2, 0.25) is 5.91 Å². The lowest BCUT2D eigenvalue weighted by Gasteiger charge is -2.18. The minimum Gasteiger partial charge on any atom is -0.548 e. The van der Waals surface area contributed by atoms with Gasteiger partial charge in [0.05, 0.1) is 18.6 Å². The zero-order valence-corrected chi connectivity index (χ0v) is 14.5. The van der Waals surface area contributed by atoms with E-state index < -0.39 is 12.0 Å². The van der Waals surface area contributed by atoms with Crippen molar-refractivity contribution in [3.63, 3.8) is 0 Å². The van der Waals surface area contributed by atoms with E-state index in [1.54, 1.807) is 0 Å². The number of carbonyl (C=O) groups excluding carboxylic acids is 2. The van der Waals surface area contributed by atoms with Gasteiger partial charge in [0, 0.05) is 6.42 Å². The van der Waals surface area contributed by atoms with Crippen LogP contribution < -0.4 is 16.2 Å². The van der Waals surface area contributed by atoms with Crippen LogP contribution in [0.3, 0.4) is 0 Å². The van der Waals surface area contributed by atoms with E-state index in [2.05, 4.69) is 23.7 Å². The molecule has 0 rings (SSSR count). The molecule has 0 aromatic carbocycles. The molecule has 6 heteroatoms. The van der Waals surface area contributed by atoms with Crippen molar-refractivity contribution < 1.29 is 20.4 Å². The summed E-state index contributed by atoms with van der Waals surface area (Å²) in [7, 11) is 0. The Morgan fingerprint density at radius 1 is 0.955 bits per heavy atom. The molecule has 1 atom stereocenters. The lowest BCUT2D eigenvalue weighted by Crippen LogP contribution is -2.50. The number of hydrogen-bond acceptors (Lipinski definition) is 4. The number of hydrogen-bond donors (Lipinski definition) is 3. The zero-order chi connectivity index (χ0) is 16.6. The summed E-state index contributed by atoms with van der Waals surface area (Å²) in [6.45, 7) is 1.04. The molecular weight excluding hydrogens is 300 g/mol. The van der Waals surface area contributed by atoms with Crippen molar-refractivity contribution in [3.05, 3.63) is 0 Å². The van der Waals surface area contributed by atoms with Crippen LogP contribution in [0.25, 0.3) is 0 Å². The fourth-order valence-electron chi connectivity index (χ4n) is 2.34. The van der Waals surface area contributed by atoms with Crippen molar-refractivity contribution >= 4 is 24.5 Å². The van der Waals surface area contributed by atoms with Gasteiger partial charge < -0.3 is 21.0 Å². The topological polar surface area (TPSA) is 96.9 Å². The maximum atomic E-state index is 11.6. The van der Waals surface area contributed by atoms with E-state index in [1.807, 2.05) is 0 Å². The predicted molar refractivity (Wildman–Crippen MR) is 89.3 cm³/mol. The molecule has 0 aliphatic rings. The zero-order valence-electron chi connectivity index (χ0n) is 13.6. The molecule has 4 N–H and O–H groups in total. The van der Waals surface area contributed by atoms with Gasteiger partial charge in [-0.2, -0.15) is 12.6 Å². The SMILES string of the molecule is [NH3+]CCCCCCCCCCCC(=O)NC(CCS)C(=O)[O-]. The number of carboxylic acid groups (broad SMARTS) is 1. The first-order valence-corrected chi connectivity index (χ1v) is 9.15. The minimum atomic E-state index is -1.23. The summed E-state index contributed by atoms with van der Waals surface area (Å²) < 4.78 is 0. The number of nitrogens with one attached hydrogen (secondary N) is 1. The van der Waals surface area contributed by atoms with Crippen molar-refractivity contribution in [1.82, 2.24) is 5.32 Å². The second-order valence-corrected chi connectivity index (χ2v) is 6.18. The third kappa shape index (κ3) is 13.0.